The van der Waals surface area contributed by atoms with Gasteiger partial charge in [-0.05, 0) is 56.9 Å². The van der Waals surface area contributed by atoms with E-state index in [1.54, 1.807) is 67.8 Å². The van der Waals surface area contributed by atoms with Gasteiger partial charge in [0.1, 0.15) is 6.61 Å². The van der Waals surface area contributed by atoms with Gasteiger partial charge in [0.2, 0.25) is 0 Å². The summed E-state index contributed by atoms with van der Waals surface area (Å²) in [5, 5.41) is 15.6. The number of nitrogens with one attached hydrogen (secondary N) is 1. The maximum atomic E-state index is 13.2. The highest BCUT2D eigenvalue weighted by Crippen LogP contribution is 2.34. The van der Waals surface area contributed by atoms with Gasteiger partial charge in [-0.1, -0.05) is 88.7 Å². The largest absolute Gasteiger partial charge is 0.493 e. The summed E-state index contributed by atoms with van der Waals surface area (Å²) in [6.07, 6.45) is 1.47. The van der Waals surface area contributed by atoms with E-state index in [2.05, 4.69) is 42.4 Å². The lowest BCUT2D eigenvalue weighted by Gasteiger charge is -2.27. The Bertz CT molecular complexity index is 1340. The molecule has 0 aliphatic rings. The highest BCUT2D eigenvalue weighted by Gasteiger charge is 2.39. The summed E-state index contributed by atoms with van der Waals surface area (Å²) in [5.74, 6) is 0.387. The first-order chi connectivity index (χ1) is 17.9. The van der Waals surface area contributed by atoms with Gasteiger partial charge in [-0.25, -0.2) is 5.43 Å². The summed E-state index contributed by atoms with van der Waals surface area (Å²) >= 11 is 6.96. The molecular formula is C29H24Br2N2O4. The van der Waals surface area contributed by atoms with Crippen molar-refractivity contribution in [1.82, 2.24) is 5.43 Å². The van der Waals surface area contributed by atoms with Crippen LogP contribution in [0.1, 0.15) is 22.3 Å². The Kier molecular flexibility index (Phi) is 8.76. The van der Waals surface area contributed by atoms with Crippen molar-refractivity contribution in [3.05, 3.63) is 128 Å². The quantitative estimate of drug-likeness (QED) is 0.172. The van der Waals surface area contributed by atoms with Crippen molar-refractivity contribution in [1.29, 1.82) is 0 Å². The van der Waals surface area contributed by atoms with Crippen LogP contribution < -0.4 is 14.9 Å². The van der Waals surface area contributed by atoms with E-state index >= 15 is 0 Å². The van der Waals surface area contributed by atoms with Crippen LogP contribution in [0.3, 0.4) is 0 Å². The number of methoxy groups -OCH3 is 1. The van der Waals surface area contributed by atoms with Crippen LogP contribution >= 0.6 is 31.9 Å². The van der Waals surface area contributed by atoms with Crippen LogP contribution in [-0.2, 0) is 17.0 Å². The molecule has 0 spiro atoms. The maximum Gasteiger partial charge on any atom is 0.281 e. The second kappa shape index (κ2) is 12.2. The zero-order chi connectivity index (χ0) is 26.3. The molecule has 0 aliphatic heterocycles. The Hall–Kier alpha value is -3.46. The molecule has 188 valence electrons. The Labute approximate surface area is 232 Å². The van der Waals surface area contributed by atoms with E-state index in [-0.39, 0.29) is 0 Å². The lowest BCUT2D eigenvalue weighted by atomic mass is 9.85. The first kappa shape index (κ1) is 26.6. The number of benzene rings is 4. The number of hydrogen-bond donors (Lipinski definition) is 2. The van der Waals surface area contributed by atoms with Crippen LogP contribution in [0.5, 0.6) is 11.5 Å². The van der Waals surface area contributed by atoms with Gasteiger partial charge in [0, 0.05) is 14.5 Å². The number of hydrogen-bond acceptors (Lipinski definition) is 5. The molecule has 8 heteroatoms. The topological polar surface area (TPSA) is 80.2 Å². The highest BCUT2D eigenvalue weighted by atomic mass is 79.9. The molecule has 4 aromatic rings. The lowest BCUT2D eigenvalue weighted by Crippen LogP contribution is -2.43. The number of halogens is 2. The predicted octanol–water partition coefficient (Wildman–Crippen LogP) is 6.19. The molecule has 4 rings (SSSR count). The molecule has 6 nitrogen and oxygen atoms in total. The molecule has 0 fully saturated rings. The SMILES string of the molecule is COc1cc(/C=N/NC(=O)C(O)(c2ccccc2)c2ccccc2)c(Br)cc1OCc1ccc(Br)cc1. The van der Waals surface area contributed by atoms with E-state index < -0.39 is 11.5 Å². The summed E-state index contributed by atoms with van der Waals surface area (Å²) < 4.78 is 13.2. The second-order valence-corrected chi connectivity index (χ2v) is 9.85. The molecule has 0 saturated carbocycles. The minimum absolute atomic E-state index is 0.372. The van der Waals surface area contributed by atoms with Gasteiger partial charge in [-0.15, -0.1) is 0 Å². The average Bonchev–Trinajstić information content (AvgIpc) is 2.94. The molecule has 0 atom stereocenters. The molecule has 0 radical (unpaired) electrons. The van der Waals surface area contributed by atoms with Gasteiger partial charge in [-0.2, -0.15) is 5.10 Å². The van der Waals surface area contributed by atoms with Crippen molar-refractivity contribution in [3.63, 3.8) is 0 Å². The maximum absolute atomic E-state index is 13.2. The lowest BCUT2D eigenvalue weighted by molar-refractivity contribution is -0.136. The summed E-state index contributed by atoms with van der Waals surface area (Å²) in [5.41, 5.74) is 3.10. The normalized spacial score (nSPS) is 11.4. The second-order valence-electron chi connectivity index (χ2n) is 8.08. The predicted molar refractivity (Wildman–Crippen MR) is 151 cm³/mol. The highest BCUT2D eigenvalue weighted by molar-refractivity contribution is 9.10. The van der Waals surface area contributed by atoms with E-state index in [1.165, 1.54) is 6.21 Å². The van der Waals surface area contributed by atoms with E-state index in [1.807, 2.05) is 36.4 Å². The third-order valence-electron chi connectivity index (χ3n) is 5.67. The number of rotatable bonds is 9. The first-order valence-electron chi connectivity index (χ1n) is 11.3. The molecular weight excluding hydrogens is 600 g/mol. The first-order valence-corrected chi connectivity index (χ1v) is 12.9. The summed E-state index contributed by atoms with van der Waals surface area (Å²) in [6.45, 7) is 0.372. The van der Waals surface area contributed by atoms with Gasteiger partial charge in [0.15, 0.2) is 17.1 Å². The van der Waals surface area contributed by atoms with Crippen molar-refractivity contribution < 1.29 is 19.4 Å². The molecule has 0 bridgehead atoms. The standard InChI is InChI=1S/C29H24Br2N2O4/c1-36-26-16-21(25(31)17-27(26)37-19-20-12-14-24(30)15-13-20)18-32-33-28(34)29(35,22-8-4-2-5-9-22)23-10-6-3-7-11-23/h2-18,35H,19H2,1H3,(H,33,34)/b32-18+. The molecule has 37 heavy (non-hydrogen) atoms. The molecule has 1 amide bonds. The van der Waals surface area contributed by atoms with E-state index in [0.717, 1.165) is 10.0 Å². The fourth-order valence-corrected chi connectivity index (χ4v) is 4.38. The van der Waals surface area contributed by atoms with Crippen molar-refractivity contribution in [2.75, 3.05) is 7.11 Å². The number of ether oxygens (including phenoxy) is 2. The van der Waals surface area contributed by atoms with E-state index in [0.29, 0.717) is 39.3 Å². The van der Waals surface area contributed by atoms with Crippen LogP contribution in [0.25, 0.3) is 0 Å². The Morgan fingerprint density at radius 3 is 2.08 bits per heavy atom. The Morgan fingerprint density at radius 1 is 0.919 bits per heavy atom. The number of carbonyl (C=O) groups is 1. The monoisotopic (exact) mass is 622 g/mol. The molecule has 0 aliphatic carbocycles. The van der Waals surface area contributed by atoms with Crippen LogP contribution in [0.15, 0.2) is 111 Å². The van der Waals surface area contributed by atoms with Crippen LogP contribution in [0.4, 0.5) is 0 Å². The van der Waals surface area contributed by atoms with E-state index in [4.69, 9.17) is 9.47 Å². The molecule has 0 unspecified atom stereocenters. The zero-order valence-electron chi connectivity index (χ0n) is 19.9. The van der Waals surface area contributed by atoms with Gasteiger partial charge in [0.05, 0.1) is 13.3 Å². The minimum atomic E-state index is -1.92. The third kappa shape index (κ3) is 6.28. The Morgan fingerprint density at radius 2 is 1.51 bits per heavy atom. The average molecular weight is 624 g/mol. The zero-order valence-corrected chi connectivity index (χ0v) is 23.1. The van der Waals surface area contributed by atoms with Crippen LogP contribution in [0.2, 0.25) is 0 Å². The molecule has 0 aromatic heterocycles. The third-order valence-corrected chi connectivity index (χ3v) is 6.89. The number of carbonyl (C=O) groups excluding carboxylic acids is 1. The van der Waals surface area contributed by atoms with Gasteiger partial charge in [-0.3, -0.25) is 4.79 Å². The van der Waals surface area contributed by atoms with E-state index in [9.17, 15) is 9.90 Å². The van der Waals surface area contributed by atoms with Crippen LogP contribution in [-0.4, -0.2) is 24.3 Å². The number of amides is 1. The summed E-state index contributed by atoms with van der Waals surface area (Å²) in [6, 6.07) is 28.9. The van der Waals surface area contributed by atoms with Crippen molar-refractivity contribution in [2.24, 2.45) is 5.10 Å². The number of hydrazone groups is 1. The number of nitrogens with zero attached hydrogens (tertiary/aromatic N) is 1. The molecule has 0 saturated heterocycles. The van der Waals surface area contributed by atoms with Gasteiger partial charge in [0.25, 0.3) is 5.91 Å². The number of aliphatic hydroxyl groups is 1. The fraction of sp³-hybridized carbons (Fsp3) is 0.103. The summed E-state index contributed by atoms with van der Waals surface area (Å²) in [7, 11) is 1.55. The molecule has 0 heterocycles. The van der Waals surface area contributed by atoms with Crippen LogP contribution in [0, 0.1) is 0 Å². The Balaban J connectivity index is 1.52. The van der Waals surface area contributed by atoms with Crippen molar-refractivity contribution in [2.45, 2.75) is 12.2 Å². The smallest absolute Gasteiger partial charge is 0.281 e. The van der Waals surface area contributed by atoms with Gasteiger partial charge < -0.3 is 14.6 Å². The van der Waals surface area contributed by atoms with Crippen molar-refractivity contribution >= 4 is 44.0 Å². The minimum Gasteiger partial charge on any atom is -0.493 e. The molecule has 4 aromatic carbocycles. The van der Waals surface area contributed by atoms with Gasteiger partial charge >= 0.3 is 0 Å². The summed E-state index contributed by atoms with van der Waals surface area (Å²) in [4.78, 5) is 13.2. The molecule has 2 N–H and O–H groups in total. The van der Waals surface area contributed by atoms with Crippen molar-refractivity contribution in [3.8, 4) is 11.5 Å². The fourth-order valence-electron chi connectivity index (χ4n) is 3.69.